The molecule has 0 atom stereocenters. The van der Waals surface area contributed by atoms with Crippen LogP contribution in [0.4, 0.5) is 0 Å². The molecule has 0 saturated heterocycles. The molecule has 86 valence electrons. The van der Waals surface area contributed by atoms with E-state index in [1.54, 1.807) is 0 Å². The van der Waals surface area contributed by atoms with Crippen LogP contribution in [0.25, 0.3) is 0 Å². The van der Waals surface area contributed by atoms with Crippen molar-refractivity contribution >= 4 is 11.7 Å². The Bertz CT molecular complexity index is 368. The summed E-state index contributed by atoms with van der Waals surface area (Å²) in [6.45, 7) is 3.59. The smallest absolute Gasteiger partial charge is 0.217 e. The van der Waals surface area contributed by atoms with Crippen LogP contribution in [0.1, 0.15) is 36.2 Å². The van der Waals surface area contributed by atoms with E-state index >= 15 is 0 Å². The Labute approximate surface area is 95.9 Å². The van der Waals surface area contributed by atoms with E-state index < -0.39 is 0 Å². The van der Waals surface area contributed by atoms with Crippen LogP contribution in [0.15, 0.2) is 24.3 Å². The molecule has 1 aromatic rings. The number of Topliss-reactive ketones (excluding diaryl/α,β-unsaturated/α-hetero) is 1. The lowest BCUT2D eigenvalue weighted by molar-refractivity contribution is -0.118. The number of hydrogen-bond acceptors (Lipinski definition) is 2. The number of amides is 1. The number of ketones is 1. The normalized spacial score (nSPS) is 9.88. The summed E-state index contributed by atoms with van der Waals surface area (Å²) in [5.74, 6) is -0.241. The third kappa shape index (κ3) is 3.85. The fourth-order valence-corrected chi connectivity index (χ4v) is 1.45. The summed E-state index contributed by atoms with van der Waals surface area (Å²) >= 11 is 0. The van der Waals surface area contributed by atoms with Gasteiger partial charge in [-0.25, -0.2) is 0 Å². The van der Waals surface area contributed by atoms with E-state index in [9.17, 15) is 9.59 Å². The van der Waals surface area contributed by atoms with Gasteiger partial charge in [0.15, 0.2) is 5.78 Å². The molecule has 0 aliphatic heterocycles. The number of hydrogen-bond donors (Lipinski definition) is 1. The maximum Gasteiger partial charge on any atom is 0.217 e. The number of nitrogens with one attached hydrogen (secondary N) is 1. The lowest BCUT2D eigenvalue weighted by Gasteiger charge is -2.03. The van der Waals surface area contributed by atoms with Crippen molar-refractivity contribution in [2.24, 2.45) is 0 Å². The zero-order chi connectivity index (χ0) is 12.0. The van der Waals surface area contributed by atoms with E-state index in [-0.39, 0.29) is 18.2 Å². The van der Waals surface area contributed by atoms with E-state index in [4.69, 9.17) is 0 Å². The fraction of sp³-hybridized carbons (Fsp3) is 0.385. The summed E-state index contributed by atoms with van der Waals surface area (Å²) in [5.41, 5.74) is 1.88. The predicted molar refractivity (Wildman–Crippen MR) is 63.5 cm³/mol. The van der Waals surface area contributed by atoms with E-state index in [1.807, 2.05) is 24.3 Å². The Kier molecular flexibility index (Phi) is 4.70. The number of carbonyl (C=O) groups excluding carboxylic acids is 2. The topological polar surface area (TPSA) is 46.2 Å². The highest BCUT2D eigenvalue weighted by Crippen LogP contribution is 2.07. The van der Waals surface area contributed by atoms with Gasteiger partial charge in [-0.3, -0.25) is 9.59 Å². The summed E-state index contributed by atoms with van der Waals surface area (Å²) in [6.07, 6.45) is 2.12. The molecule has 0 radical (unpaired) electrons. The first kappa shape index (κ1) is 12.4. The molecular formula is C13H17NO2. The lowest BCUT2D eigenvalue weighted by atomic mass is 10.1. The SMILES string of the molecule is CCCc1ccc(C(=O)CNC(C)=O)cc1. The maximum atomic E-state index is 11.6. The van der Waals surface area contributed by atoms with Crippen molar-refractivity contribution in [3.8, 4) is 0 Å². The molecule has 0 aliphatic carbocycles. The van der Waals surface area contributed by atoms with Gasteiger partial charge in [0.2, 0.25) is 5.91 Å². The van der Waals surface area contributed by atoms with Crippen molar-refractivity contribution in [1.29, 1.82) is 0 Å². The highest BCUT2D eigenvalue weighted by molar-refractivity contribution is 5.99. The first-order valence-corrected chi connectivity index (χ1v) is 5.50. The maximum absolute atomic E-state index is 11.6. The molecular weight excluding hydrogens is 202 g/mol. The van der Waals surface area contributed by atoms with Gasteiger partial charge in [-0.15, -0.1) is 0 Å². The van der Waals surface area contributed by atoms with Crippen molar-refractivity contribution in [1.82, 2.24) is 5.32 Å². The van der Waals surface area contributed by atoms with Crippen LogP contribution in [-0.4, -0.2) is 18.2 Å². The van der Waals surface area contributed by atoms with Crippen molar-refractivity contribution in [3.05, 3.63) is 35.4 Å². The third-order valence-electron chi connectivity index (χ3n) is 2.31. The van der Waals surface area contributed by atoms with Gasteiger partial charge in [0.05, 0.1) is 6.54 Å². The Morgan fingerprint density at radius 2 is 1.81 bits per heavy atom. The van der Waals surface area contributed by atoms with E-state index in [0.717, 1.165) is 12.8 Å². The monoisotopic (exact) mass is 219 g/mol. The second-order valence-electron chi connectivity index (χ2n) is 3.78. The van der Waals surface area contributed by atoms with Crippen LogP contribution in [0.5, 0.6) is 0 Å². The van der Waals surface area contributed by atoms with Crippen LogP contribution in [0.3, 0.4) is 0 Å². The number of benzene rings is 1. The highest BCUT2D eigenvalue weighted by Gasteiger charge is 2.05. The minimum absolute atomic E-state index is 0.0572. The second kappa shape index (κ2) is 6.05. The molecule has 0 aliphatic rings. The molecule has 0 spiro atoms. The van der Waals surface area contributed by atoms with Gasteiger partial charge in [-0.1, -0.05) is 37.6 Å². The minimum Gasteiger partial charge on any atom is -0.349 e. The van der Waals surface area contributed by atoms with Crippen LogP contribution in [-0.2, 0) is 11.2 Å². The summed E-state index contributed by atoms with van der Waals surface area (Å²) in [6, 6.07) is 7.55. The molecule has 16 heavy (non-hydrogen) atoms. The average molecular weight is 219 g/mol. The largest absolute Gasteiger partial charge is 0.349 e. The third-order valence-corrected chi connectivity index (χ3v) is 2.31. The van der Waals surface area contributed by atoms with E-state index in [2.05, 4.69) is 12.2 Å². The fourth-order valence-electron chi connectivity index (χ4n) is 1.45. The summed E-state index contributed by atoms with van der Waals surface area (Å²) in [7, 11) is 0. The van der Waals surface area contributed by atoms with Gasteiger partial charge in [0.1, 0.15) is 0 Å². The number of aryl methyl sites for hydroxylation is 1. The molecule has 1 rings (SSSR count). The standard InChI is InChI=1S/C13H17NO2/c1-3-4-11-5-7-12(8-6-11)13(16)9-14-10(2)15/h5-8H,3-4,9H2,1-2H3,(H,14,15). The van der Waals surface area contributed by atoms with Crippen molar-refractivity contribution < 1.29 is 9.59 Å². The van der Waals surface area contributed by atoms with Gasteiger partial charge >= 0.3 is 0 Å². The van der Waals surface area contributed by atoms with Gasteiger partial charge in [0, 0.05) is 12.5 Å². The van der Waals surface area contributed by atoms with E-state index in [1.165, 1.54) is 12.5 Å². The molecule has 0 unspecified atom stereocenters. The molecule has 3 nitrogen and oxygen atoms in total. The Morgan fingerprint density at radius 1 is 1.19 bits per heavy atom. The molecule has 0 saturated carbocycles. The molecule has 1 amide bonds. The van der Waals surface area contributed by atoms with Crippen LogP contribution in [0, 0.1) is 0 Å². The number of carbonyl (C=O) groups is 2. The molecule has 0 fully saturated rings. The molecule has 3 heteroatoms. The van der Waals surface area contributed by atoms with Crippen molar-refractivity contribution in [2.45, 2.75) is 26.7 Å². The van der Waals surface area contributed by atoms with Gasteiger partial charge in [-0.05, 0) is 12.0 Å². The lowest BCUT2D eigenvalue weighted by Crippen LogP contribution is -2.27. The predicted octanol–water partition coefficient (Wildman–Crippen LogP) is 1.96. The summed E-state index contributed by atoms with van der Waals surface area (Å²) in [5, 5.41) is 2.50. The molecule has 0 bridgehead atoms. The Hall–Kier alpha value is -1.64. The zero-order valence-corrected chi connectivity index (χ0v) is 9.75. The van der Waals surface area contributed by atoms with Gasteiger partial charge in [0.25, 0.3) is 0 Å². The Balaban J connectivity index is 2.59. The first-order valence-electron chi connectivity index (χ1n) is 5.50. The van der Waals surface area contributed by atoms with Gasteiger partial charge in [-0.2, -0.15) is 0 Å². The first-order chi connectivity index (χ1) is 7.63. The minimum atomic E-state index is -0.184. The van der Waals surface area contributed by atoms with Crippen molar-refractivity contribution in [2.75, 3.05) is 6.54 Å². The quantitative estimate of drug-likeness (QED) is 0.769. The molecule has 0 aromatic heterocycles. The van der Waals surface area contributed by atoms with Gasteiger partial charge < -0.3 is 5.32 Å². The molecule has 1 aromatic carbocycles. The summed E-state index contributed by atoms with van der Waals surface area (Å²) in [4.78, 5) is 22.3. The molecule has 0 heterocycles. The van der Waals surface area contributed by atoms with Crippen LogP contribution in [0.2, 0.25) is 0 Å². The zero-order valence-electron chi connectivity index (χ0n) is 9.75. The van der Waals surface area contributed by atoms with E-state index in [0.29, 0.717) is 5.56 Å². The van der Waals surface area contributed by atoms with Crippen LogP contribution < -0.4 is 5.32 Å². The molecule has 1 N–H and O–H groups in total. The van der Waals surface area contributed by atoms with Crippen molar-refractivity contribution in [3.63, 3.8) is 0 Å². The Morgan fingerprint density at radius 3 is 2.31 bits per heavy atom. The highest BCUT2D eigenvalue weighted by atomic mass is 16.2. The average Bonchev–Trinajstić information content (AvgIpc) is 2.27. The second-order valence-corrected chi connectivity index (χ2v) is 3.78. The number of rotatable bonds is 5. The summed E-state index contributed by atoms with van der Waals surface area (Å²) < 4.78 is 0. The van der Waals surface area contributed by atoms with Crippen LogP contribution >= 0.6 is 0 Å².